The minimum absolute atomic E-state index is 0.0906. The molecule has 0 fully saturated rings. The highest BCUT2D eigenvalue weighted by Crippen LogP contribution is 2.29. The summed E-state index contributed by atoms with van der Waals surface area (Å²) in [7, 11) is 1.63. The molecule has 4 aromatic rings. The standard InChI is InChI=1S/C21H21N3O2S/c1-4-13(2)27-21-23-18-16-7-5-6-8-17(16)22-19(18)20(25)24(21)14-9-11-15(26-3)12-10-14/h5-13,22H,4H2,1-3H3. The number of H-pyrrole nitrogens is 1. The van der Waals surface area contributed by atoms with Crippen LogP contribution in [0.4, 0.5) is 0 Å². The SMILES string of the molecule is CCC(C)Sc1nc2c([nH]c3ccccc32)c(=O)n1-c1ccc(OC)cc1. The lowest BCUT2D eigenvalue weighted by molar-refractivity contribution is 0.414. The Morgan fingerprint density at radius 2 is 1.93 bits per heavy atom. The summed E-state index contributed by atoms with van der Waals surface area (Å²) in [4.78, 5) is 21.5. The van der Waals surface area contributed by atoms with Gasteiger partial charge < -0.3 is 9.72 Å². The maximum Gasteiger partial charge on any atom is 0.283 e. The first-order chi connectivity index (χ1) is 13.1. The second-order valence-corrected chi connectivity index (χ2v) is 7.87. The summed E-state index contributed by atoms with van der Waals surface area (Å²) in [5, 5.41) is 2.03. The Morgan fingerprint density at radius 1 is 1.19 bits per heavy atom. The summed E-state index contributed by atoms with van der Waals surface area (Å²) in [5.74, 6) is 0.752. The maximum absolute atomic E-state index is 13.4. The van der Waals surface area contributed by atoms with Crippen molar-refractivity contribution in [3.05, 3.63) is 58.9 Å². The molecular weight excluding hydrogens is 358 g/mol. The van der Waals surface area contributed by atoms with Gasteiger partial charge in [0.2, 0.25) is 0 Å². The first kappa shape index (κ1) is 17.7. The Hall–Kier alpha value is -2.73. The van der Waals surface area contributed by atoms with E-state index in [0.717, 1.165) is 34.3 Å². The van der Waals surface area contributed by atoms with Crippen molar-refractivity contribution in [1.29, 1.82) is 0 Å². The summed E-state index contributed by atoms with van der Waals surface area (Å²) in [6, 6.07) is 15.4. The number of fused-ring (bicyclic) bond motifs is 3. The van der Waals surface area contributed by atoms with Crippen LogP contribution in [0.2, 0.25) is 0 Å². The van der Waals surface area contributed by atoms with Crippen LogP contribution in [0.15, 0.2) is 58.5 Å². The smallest absolute Gasteiger partial charge is 0.283 e. The van der Waals surface area contributed by atoms with Crippen LogP contribution in [-0.2, 0) is 0 Å². The third kappa shape index (κ3) is 3.10. The Bertz CT molecular complexity index is 1160. The molecule has 0 aliphatic heterocycles. The van der Waals surface area contributed by atoms with Gasteiger partial charge >= 0.3 is 0 Å². The second-order valence-electron chi connectivity index (χ2n) is 6.46. The molecule has 0 bridgehead atoms. The van der Waals surface area contributed by atoms with Gasteiger partial charge in [0.15, 0.2) is 5.16 Å². The average molecular weight is 379 g/mol. The van der Waals surface area contributed by atoms with E-state index in [1.165, 1.54) is 0 Å². The van der Waals surface area contributed by atoms with Gasteiger partial charge in [-0.05, 0) is 36.8 Å². The number of ether oxygens (including phenoxy) is 1. The van der Waals surface area contributed by atoms with Gasteiger partial charge in [-0.1, -0.05) is 43.8 Å². The van der Waals surface area contributed by atoms with Crippen LogP contribution in [0.3, 0.4) is 0 Å². The van der Waals surface area contributed by atoms with Crippen molar-refractivity contribution in [2.24, 2.45) is 0 Å². The van der Waals surface area contributed by atoms with E-state index in [0.29, 0.717) is 15.9 Å². The Kier molecular flexibility index (Phi) is 4.66. The molecule has 27 heavy (non-hydrogen) atoms. The number of benzene rings is 2. The van der Waals surface area contributed by atoms with Crippen LogP contribution in [0.5, 0.6) is 5.75 Å². The molecule has 1 unspecified atom stereocenters. The fourth-order valence-electron chi connectivity index (χ4n) is 3.04. The molecule has 0 radical (unpaired) electrons. The fraction of sp³-hybridized carbons (Fsp3) is 0.238. The Morgan fingerprint density at radius 3 is 2.63 bits per heavy atom. The number of nitrogens with one attached hydrogen (secondary N) is 1. The molecule has 2 aromatic carbocycles. The predicted octanol–water partition coefficient (Wildman–Crippen LogP) is 4.77. The summed E-state index contributed by atoms with van der Waals surface area (Å²) in [5.41, 5.74) is 2.86. The van der Waals surface area contributed by atoms with Gasteiger partial charge in [0.1, 0.15) is 16.8 Å². The first-order valence-electron chi connectivity index (χ1n) is 8.97. The number of aromatic nitrogens is 3. The number of hydrogen-bond donors (Lipinski definition) is 1. The van der Waals surface area contributed by atoms with E-state index in [2.05, 4.69) is 18.8 Å². The minimum atomic E-state index is -0.0906. The highest BCUT2D eigenvalue weighted by atomic mass is 32.2. The number of methoxy groups -OCH3 is 1. The monoisotopic (exact) mass is 379 g/mol. The van der Waals surface area contributed by atoms with E-state index in [1.807, 2.05) is 48.5 Å². The van der Waals surface area contributed by atoms with E-state index < -0.39 is 0 Å². The van der Waals surface area contributed by atoms with Crippen molar-refractivity contribution < 1.29 is 4.74 Å². The molecule has 0 aliphatic rings. The molecule has 138 valence electrons. The lowest BCUT2D eigenvalue weighted by atomic mass is 10.2. The third-order valence-electron chi connectivity index (χ3n) is 4.71. The van der Waals surface area contributed by atoms with E-state index in [4.69, 9.17) is 9.72 Å². The highest BCUT2D eigenvalue weighted by molar-refractivity contribution is 7.99. The van der Waals surface area contributed by atoms with Crippen molar-refractivity contribution in [2.75, 3.05) is 7.11 Å². The molecule has 0 saturated carbocycles. The van der Waals surface area contributed by atoms with Crippen LogP contribution in [0, 0.1) is 0 Å². The van der Waals surface area contributed by atoms with Gasteiger partial charge in [-0.15, -0.1) is 0 Å². The first-order valence-corrected chi connectivity index (χ1v) is 9.85. The molecule has 4 rings (SSSR count). The van der Waals surface area contributed by atoms with Crippen LogP contribution in [-0.4, -0.2) is 26.9 Å². The topological polar surface area (TPSA) is 59.9 Å². The average Bonchev–Trinajstić information content (AvgIpc) is 3.07. The summed E-state index contributed by atoms with van der Waals surface area (Å²) in [6.45, 7) is 4.28. The predicted molar refractivity (Wildman–Crippen MR) is 111 cm³/mol. The quantitative estimate of drug-likeness (QED) is 0.401. The number of nitrogens with zero attached hydrogens (tertiary/aromatic N) is 2. The number of rotatable bonds is 5. The van der Waals surface area contributed by atoms with Gasteiger partial charge in [0, 0.05) is 16.2 Å². The van der Waals surface area contributed by atoms with Crippen molar-refractivity contribution >= 4 is 33.7 Å². The molecule has 1 N–H and O–H groups in total. The zero-order valence-corrected chi connectivity index (χ0v) is 16.3. The van der Waals surface area contributed by atoms with Crippen molar-refractivity contribution in [3.63, 3.8) is 0 Å². The minimum Gasteiger partial charge on any atom is -0.497 e. The molecule has 0 saturated heterocycles. The molecule has 2 aromatic heterocycles. The number of aromatic amines is 1. The highest BCUT2D eigenvalue weighted by Gasteiger charge is 2.18. The number of thioether (sulfide) groups is 1. The van der Waals surface area contributed by atoms with Gasteiger partial charge in [-0.25, -0.2) is 4.98 Å². The Labute approximate surface area is 161 Å². The molecule has 2 heterocycles. The van der Waals surface area contributed by atoms with Crippen LogP contribution in [0.25, 0.3) is 27.6 Å². The summed E-state index contributed by atoms with van der Waals surface area (Å²) < 4.78 is 6.93. The normalized spacial score (nSPS) is 12.6. The van der Waals surface area contributed by atoms with Gasteiger partial charge in [0.05, 0.1) is 12.8 Å². The fourth-order valence-corrected chi connectivity index (χ4v) is 4.01. The second kappa shape index (κ2) is 7.12. The van der Waals surface area contributed by atoms with E-state index in [-0.39, 0.29) is 5.56 Å². The lowest BCUT2D eigenvalue weighted by Crippen LogP contribution is -2.22. The molecule has 0 amide bonds. The molecule has 5 nitrogen and oxygen atoms in total. The zero-order valence-electron chi connectivity index (χ0n) is 15.5. The van der Waals surface area contributed by atoms with Crippen molar-refractivity contribution in [3.8, 4) is 11.4 Å². The van der Waals surface area contributed by atoms with Gasteiger partial charge in [-0.2, -0.15) is 0 Å². The van der Waals surface area contributed by atoms with Crippen LogP contribution in [0.1, 0.15) is 20.3 Å². The Balaban J connectivity index is 2.01. The van der Waals surface area contributed by atoms with E-state index >= 15 is 0 Å². The molecular formula is C21H21N3O2S. The van der Waals surface area contributed by atoms with Gasteiger partial charge in [-0.3, -0.25) is 9.36 Å². The molecule has 0 aliphatic carbocycles. The van der Waals surface area contributed by atoms with Crippen LogP contribution < -0.4 is 10.3 Å². The summed E-state index contributed by atoms with van der Waals surface area (Å²) in [6.07, 6.45) is 0.995. The molecule has 1 atom stereocenters. The van der Waals surface area contributed by atoms with E-state index in [9.17, 15) is 4.79 Å². The summed E-state index contributed by atoms with van der Waals surface area (Å²) >= 11 is 1.62. The van der Waals surface area contributed by atoms with Crippen LogP contribution >= 0.6 is 11.8 Å². The van der Waals surface area contributed by atoms with E-state index in [1.54, 1.807) is 23.4 Å². The number of para-hydroxylation sites is 1. The lowest BCUT2D eigenvalue weighted by Gasteiger charge is -2.15. The largest absolute Gasteiger partial charge is 0.497 e. The third-order valence-corrected chi connectivity index (χ3v) is 5.93. The van der Waals surface area contributed by atoms with Gasteiger partial charge in [0.25, 0.3) is 5.56 Å². The number of hydrogen-bond acceptors (Lipinski definition) is 4. The van der Waals surface area contributed by atoms with Crippen molar-refractivity contribution in [2.45, 2.75) is 30.7 Å². The zero-order chi connectivity index (χ0) is 19.0. The molecule has 6 heteroatoms. The van der Waals surface area contributed by atoms with Crippen molar-refractivity contribution in [1.82, 2.24) is 14.5 Å². The maximum atomic E-state index is 13.4. The molecule has 0 spiro atoms.